The lowest BCUT2D eigenvalue weighted by Gasteiger charge is -2.07. The third-order valence-corrected chi connectivity index (χ3v) is 2.17. The van der Waals surface area contributed by atoms with Crippen molar-refractivity contribution in [2.24, 2.45) is 0 Å². The fourth-order valence-electron chi connectivity index (χ4n) is 1.37. The standard InChI is InChI=1S/C12H11F2N3O/c13-12(14)18-11-3-1-9(2-4-11)17-8-10-7-15-5-6-16-10/h1-7,12,17H,8H2. The van der Waals surface area contributed by atoms with Gasteiger partial charge in [-0.3, -0.25) is 9.97 Å². The highest BCUT2D eigenvalue weighted by Crippen LogP contribution is 2.17. The van der Waals surface area contributed by atoms with Gasteiger partial charge >= 0.3 is 6.61 Å². The first kappa shape index (κ1) is 12.2. The number of alkyl halides is 2. The summed E-state index contributed by atoms with van der Waals surface area (Å²) in [6.07, 6.45) is 4.86. The highest BCUT2D eigenvalue weighted by molar-refractivity contribution is 5.46. The van der Waals surface area contributed by atoms with Crippen LogP contribution in [-0.4, -0.2) is 16.6 Å². The zero-order valence-corrected chi connectivity index (χ0v) is 9.38. The number of nitrogens with one attached hydrogen (secondary N) is 1. The fourth-order valence-corrected chi connectivity index (χ4v) is 1.37. The Morgan fingerprint density at radius 2 is 1.94 bits per heavy atom. The minimum Gasteiger partial charge on any atom is -0.435 e. The number of aromatic nitrogens is 2. The second-order valence-corrected chi connectivity index (χ2v) is 3.45. The number of rotatable bonds is 5. The lowest BCUT2D eigenvalue weighted by Crippen LogP contribution is -2.03. The monoisotopic (exact) mass is 251 g/mol. The van der Waals surface area contributed by atoms with Crippen LogP contribution < -0.4 is 10.1 Å². The lowest BCUT2D eigenvalue weighted by molar-refractivity contribution is -0.0498. The van der Waals surface area contributed by atoms with Crippen LogP contribution in [0.15, 0.2) is 42.9 Å². The molecule has 0 radical (unpaired) electrons. The summed E-state index contributed by atoms with van der Waals surface area (Å²) in [7, 11) is 0. The van der Waals surface area contributed by atoms with E-state index in [-0.39, 0.29) is 5.75 Å². The van der Waals surface area contributed by atoms with Gasteiger partial charge < -0.3 is 10.1 Å². The Morgan fingerprint density at radius 3 is 2.56 bits per heavy atom. The molecule has 0 aliphatic rings. The Hall–Kier alpha value is -2.24. The Bertz CT molecular complexity index is 476. The number of hydrogen-bond donors (Lipinski definition) is 1. The van der Waals surface area contributed by atoms with Crippen LogP contribution >= 0.6 is 0 Å². The number of benzene rings is 1. The van der Waals surface area contributed by atoms with Gasteiger partial charge in [0.05, 0.1) is 18.4 Å². The largest absolute Gasteiger partial charge is 0.435 e. The van der Waals surface area contributed by atoms with Gasteiger partial charge in [0, 0.05) is 18.1 Å². The average molecular weight is 251 g/mol. The molecule has 4 nitrogen and oxygen atoms in total. The van der Waals surface area contributed by atoms with Crippen molar-refractivity contribution < 1.29 is 13.5 Å². The molecule has 0 amide bonds. The van der Waals surface area contributed by atoms with E-state index in [2.05, 4.69) is 20.0 Å². The van der Waals surface area contributed by atoms with E-state index in [0.29, 0.717) is 6.54 Å². The fraction of sp³-hybridized carbons (Fsp3) is 0.167. The molecule has 0 aliphatic heterocycles. The highest BCUT2D eigenvalue weighted by Gasteiger charge is 2.03. The number of hydrogen-bond acceptors (Lipinski definition) is 4. The summed E-state index contributed by atoms with van der Waals surface area (Å²) in [5.74, 6) is 0.134. The first-order chi connectivity index (χ1) is 8.74. The lowest BCUT2D eigenvalue weighted by atomic mass is 10.3. The van der Waals surface area contributed by atoms with Gasteiger partial charge in [0.25, 0.3) is 0 Å². The molecule has 6 heteroatoms. The summed E-state index contributed by atoms with van der Waals surface area (Å²) < 4.78 is 28.1. The summed E-state index contributed by atoms with van der Waals surface area (Å²) in [6, 6.07) is 6.28. The quantitative estimate of drug-likeness (QED) is 0.887. The molecule has 1 aromatic heterocycles. The van der Waals surface area contributed by atoms with Gasteiger partial charge in [0.1, 0.15) is 5.75 Å². The molecule has 1 N–H and O–H groups in total. The summed E-state index contributed by atoms with van der Waals surface area (Å²) in [5, 5.41) is 3.10. The van der Waals surface area contributed by atoms with Gasteiger partial charge in [0.15, 0.2) is 0 Å². The molecule has 0 saturated carbocycles. The van der Waals surface area contributed by atoms with Crippen molar-refractivity contribution >= 4 is 5.69 Å². The minimum atomic E-state index is -2.80. The van der Waals surface area contributed by atoms with Gasteiger partial charge in [-0.05, 0) is 24.3 Å². The third-order valence-electron chi connectivity index (χ3n) is 2.17. The molecular weight excluding hydrogens is 240 g/mol. The average Bonchev–Trinajstić information content (AvgIpc) is 2.38. The van der Waals surface area contributed by atoms with E-state index in [1.165, 1.54) is 12.1 Å². The molecule has 0 spiro atoms. The number of nitrogens with zero attached hydrogens (tertiary/aromatic N) is 2. The van der Waals surface area contributed by atoms with Crippen molar-refractivity contribution in [1.82, 2.24) is 9.97 Å². The maximum Gasteiger partial charge on any atom is 0.387 e. The van der Waals surface area contributed by atoms with Crippen LogP contribution in [0.4, 0.5) is 14.5 Å². The molecule has 0 aliphatic carbocycles. The second-order valence-electron chi connectivity index (χ2n) is 3.45. The molecule has 0 bridgehead atoms. The van der Waals surface area contributed by atoms with Crippen molar-refractivity contribution in [3.8, 4) is 5.75 Å². The molecule has 1 heterocycles. The highest BCUT2D eigenvalue weighted by atomic mass is 19.3. The molecule has 0 saturated heterocycles. The smallest absolute Gasteiger partial charge is 0.387 e. The number of ether oxygens (including phenoxy) is 1. The Balaban J connectivity index is 1.90. The van der Waals surface area contributed by atoms with E-state index in [9.17, 15) is 8.78 Å². The SMILES string of the molecule is FC(F)Oc1ccc(NCc2cnccn2)cc1. The van der Waals surface area contributed by atoms with E-state index in [1.807, 2.05) is 0 Å². The zero-order chi connectivity index (χ0) is 12.8. The third kappa shape index (κ3) is 3.65. The van der Waals surface area contributed by atoms with Crippen molar-refractivity contribution in [2.75, 3.05) is 5.32 Å². The molecule has 1 aromatic carbocycles. The molecule has 2 rings (SSSR count). The number of anilines is 1. The van der Waals surface area contributed by atoms with Crippen LogP contribution in [0.5, 0.6) is 5.75 Å². The summed E-state index contributed by atoms with van der Waals surface area (Å²) >= 11 is 0. The predicted octanol–water partition coefficient (Wildman–Crippen LogP) is 2.69. The van der Waals surface area contributed by atoms with Gasteiger partial charge in [-0.15, -0.1) is 0 Å². The van der Waals surface area contributed by atoms with E-state index in [1.54, 1.807) is 30.7 Å². The molecule has 0 fully saturated rings. The first-order valence-electron chi connectivity index (χ1n) is 5.27. The van der Waals surface area contributed by atoms with Crippen LogP contribution in [0, 0.1) is 0 Å². The Kier molecular flexibility index (Phi) is 4.01. The summed E-state index contributed by atoms with van der Waals surface area (Å²) in [4.78, 5) is 8.04. The minimum absolute atomic E-state index is 0.134. The van der Waals surface area contributed by atoms with E-state index < -0.39 is 6.61 Å². The van der Waals surface area contributed by atoms with Crippen LogP contribution in [0.2, 0.25) is 0 Å². The van der Waals surface area contributed by atoms with Crippen molar-refractivity contribution in [3.05, 3.63) is 48.5 Å². The van der Waals surface area contributed by atoms with Crippen LogP contribution in [0.1, 0.15) is 5.69 Å². The topological polar surface area (TPSA) is 47.0 Å². The molecular formula is C12H11F2N3O. The Labute approximate surface area is 103 Å². The maximum atomic E-state index is 11.9. The molecule has 18 heavy (non-hydrogen) atoms. The van der Waals surface area contributed by atoms with Gasteiger partial charge in [0.2, 0.25) is 0 Å². The maximum absolute atomic E-state index is 11.9. The summed E-state index contributed by atoms with van der Waals surface area (Å²) in [5.41, 5.74) is 1.59. The predicted molar refractivity (Wildman–Crippen MR) is 62.4 cm³/mol. The zero-order valence-electron chi connectivity index (χ0n) is 9.38. The summed E-state index contributed by atoms with van der Waals surface area (Å²) in [6.45, 7) is -2.29. The van der Waals surface area contributed by atoms with E-state index in [4.69, 9.17) is 0 Å². The van der Waals surface area contributed by atoms with E-state index >= 15 is 0 Å². The van der Waals surface area contributed by atoms with Gasteiger partial charge in [-0.2, -0.15) is 8.78 Å². The van der Waals surface area contributed by atoms with Crippen LogP contribution in [0.25, 0.3) is 0 Å². The van der Waals surface area contributed by atoms with Crippen molar-refractivity contribution in [1.29, 1.82) is 0 Å². The van der Waals surface area contributed by atoms with Crippen molar-refractivity contribution in [3.63, 3.8) is 0 Å². The molecule has 0 unspecified atom stereocenters. The molecule has 2 aromatic rings. The van der Waals surface area contributed by atoms with Gasteiger partial charge in [-0.25, -0.2) is 0 Å². The van der Waals surface area contributed by atoms with E-state index in [0.717, 1.165) is 11.4 Å². The first-order valence-corrected chi connectivity index (χ1v) is 5.27. The molecule has 94 valence electrons. The Morgan fingerprint density at radius 1 is 1.17 bits per heavy atom. The normalized spacial score (nSPS) is 10.4. The van der Waals surface area contributed by atoms with Gasteiger partial charge in [-0.1, -0.05) is 0 Å². The second kappa shape index (κ2) is 5.90. The number of halogens is 2. The molecule has 0 atom stereocenters. The van der Waals surface area contributed by atoms with Crippen LogP contribution in [0.3, 0.4) is 0 Å². The van der Waals surface area contributed by atoms with Crippen molar-refractivity contribution in [2.45, 2.75) is 13.2 Å². The van der Waals surface area contributed by atoms with Crippen LogP contribution in [-0.2, 0) is 6.54 Å².